The Morgan fingerprint density at radius 1 is 1.42 bits per heavy atom. The number of carbonyl (C=O) groups excluding carboxylic acids is 1. The summed E-state index contributed by atoms with van der Waals surface area (Å²) in [5, 5.41) is 3.65. The first-order valence-electron chi connectivity index (χ1n) is 7.50. The largest absolute Gasteiger partial charge is 0.450 e. The molecule has 0 aliphatic carbocycles. The van der Waals surface area contributed by atoms with Gasteiger partial charge in [0.1, 0.15) is 0 Å². The number of carbonyl (C=O) groups is 1. The molecule has 2 fully saturated rings. The van der Waals surface area contributed by atoms with Crippen molar-refractivity contribution in [2.45, 2.75) is 57.7 Å². The maximum atomic E-state index is 11.6. The zero-order valence-electron chi connectivity index (χ0n) is 12.1. The predicted octanol–water partition coefficient (Wildman–Crippen LogP) is 1.76. The fourth-order valence-corrected chi connectivity index (χ4v) is 2.92. The molecule has 2 heterocycles. The van der Waals surface area contributed by atoms with E-state index >= 15 is 0 Å². The van der Waals surface area contributed by atoms with Crippen molar-refractivity contribution < 1.29 is 14.3 Å². The second-order valence-electron chi connectivity index (χ2n) is 5.47. The van der Waals surface area contributed by atoms with Crippen LogP contribution < -0.4 is 5.32 Å². The Balaban J connectivity index is 1.69. The van der Waals surface area contributed by atoms with Crippen LogP contribution in [0.4, 0.5) is 4.79 Å². The number of likely N-dealkylation sites (tertiary alicyclic amines) is 1. The van der Waals surface area contributed by atoms with Crippen molar-refractivity contribution in [2.75, 3.05) is 26.3 Å². The van der Waals surface area contributed by atoms with Gasteiger partial charge in [0.15, 0.2) is 0 Å². The molecule has 110 valence electrons. The lowest BCUT2D eigenvalue weighted by molar-refractivity contribution is 0.0697. The molecule has 2 rings (SSSR count). The number of rotatable bonds is 4. The van der Waals surface area contributed by atoms with Crippen LogP contribution in [0.3, 0.4) is 0 Å². The molecular weight excluding hydrogens is 244 g/mol. The Morgan fingerprint density at radius 2 is 2.16 bits per heavy atom. The molecule has 2 saturated heterocycles. The summed E-state index contributed by atoms with van der Waals surface area (Å²) in [4.78, 5) is 13.4. The summed E-state index contributed by atoms with van der Waals surface area (Å²) in [6, 6.07) is 0.895. The van der Waals surface area contributed by atoms with E-state index in [1.165, 1.54) is 6.42 Å². The summed E-state index contributed by atoms with van der Waals surface area (Å²) >= 11 is 0. The van der Waals surface area contributed by atoms with Gasteiger partial charge in [0.2, 0.25) is 0 Å². The van der Waals surface area contributed by atoms with Gasteiger partial charge in [-0.05, 0) is 39.5 Å². The lowest BCUT2D eigenvalue weighted by atomic mass is 10.0. The molecular formula is C14H26N2O3. The molecule has 2 aliphatic heterocycles. The number of hydrogen-bond donors (Lipinski definition) is 1. The molecule has 1 N–H and O–H groups in total. The minimum absolute atomic E-state index is 0.173. The van der Waals surface area contributed by atoms with Gasteiger partial charge >= 0.3 is 6.09 Å². The van der Waals surface area contributed by atoms with Gasteiger partial charge in [-0.2, -0.15) is 0 Å². The van der Waals surface area contributed by atoms with Gasteiger partial charge < -0.3 is 19.7 Å². The lowest BCUT2D eigenvalue weighted by Gasteiger charge is -2.34. The Hall–Kier alpha value is -0.810. The zero-order valence-corrected chi connectivity index (χ0v) is 12.1. The summed E-state index contributed by atoms with van der Waals surface area (Å²) in [7, 11) is 0. The number of nitrogens with one attached hydrogen (secondary N) is 1. The van der Waals surface area contributed by atoms with Crippen molar-refractivity contribution in [2.24, 2.45) is 0 Å². The fraction of sp³-hybridized carbons (Fsp3) is 0.929. The van der Waals surface area contributed by atoms with Crippen LogP contribution in [0.25, 0.3) is 0 Å². The molecule has 0 aromatic carbocycles. The highest BCUT2D eigenvalue weighted by Crippen LogP contribution is 2.18. The van der Waals surface area contributed by atoms with Gasteiger partial charge in [0, 0.05) is 31.8 Å². The Bertz CT molecular complexity index is 284. The molecule has 1 amide bonds. The second-order valence-corrected chi connectivity index (χ2v) is 5.47. The fourth-order valence-electron chi connectivity index (χ4n) is 2.92. The van der Waals surface area contributed by atoms with E-state index in [0.29, 0.717) is 24.8 Å². The molecule has 0 spiro atoms. The predicted molar refractivity (Wildman–Crippen MR) is 73.2 cm³/mol. The van der Waals surface area contributed by atoms with Crippen LogP contribution in [-0.4, -0.2) is 55.5 Å². The number of nitrogens with zero attached hydrogens (tertiary/aromatic N) is 1. The third-order valence-electron chi connectivity index (χ3n) is 4.04. The number of ether oxygens (including phenoxy) is 2. The summed E-state index contributed by atoms with van der Waals surface area (Å²) in [5.41, 5.74) is 0. The lowest BCUT2D eigenvalue weighted by Crippen LogP contribution is -2.49. The van der Waals surface area contributed by atoms with Crippen molar-refractivity contribution in [1.29, 1.82) is 0 Å². The third-order valence-corrected chi connectivity index (χ3v) is 4.04. The topological polar surface area (TPSA) is 50.8 Å². The van der Waals surface area contributed by atoms with E-state index in [-0.39, 0.29) is 6.09 Å². The number of piperidine rings is 1. The van der Waals surface area contributed by atoms with Crippen molar-refractivity contribution >= 4 is 6.09 Å². The first-order valence-corrected chi connectivity index (χ1v) is 7.50. The van der Waals surface area contributed by atoms with E-state index < -0.39 is 0 Å². The molecule has 0 aromatic rings. The quantitative estimate of drug-likeness (QED) is 0.846. The molecule has 0 bridgehead atoms. The van der Waals surface area contributed by atoms with Crippen molar-refractivity contribution in [3.8, 4) is 0 Å². The monoisotopic (exact) mass is 270 g/mol. The third kappa shape index (κ3) is 4.08. The minimum atomic E-state index is -0.173. The summed E-state index contributed by atoms with van der Waals surface area (Å²) in [5.74, 6) is 0. The maximum Gasteiger partial charge on any atom is 0.409 e. The van der Waals surface area contributed by atoms with Gasteiger partial charge in [-0.1, -0.05) is 0 Å². The molecule has 0 saturated carbocycles. The summed E-state index contributed by atoms with van der Waals surface area (Å²) in [6.07, 6.45) is 4.52. The van der Waals surface area contributed by atoms with Crippen molar-refractivity contribution in [1.82, 2.24) is 10.2 Å². The standard InChI is InChI=1S/C14H26N2O3/c1-3-18-14(17)16-8-6-12(7-9-16)15-11(2)13-5-4-10-19-13/h11-13,15H,3-10H2,1-2H3. The minimum Gasteiger partial charge on any atom is -0.450 e. The Kier molecular flexibility index (Phi) is 5.45. The van der Waals surface area contributed by atoms with Crippen LogP contribution in [0.2, 0.25) is 0 Å². The summed E-state index contributed by atoms with van der Waals surface area (Å²) in [6.45, 7) is 6.97. The number of hydrogen-bond acceptors (Lipinski definition) is 4. The van der Waals surface area contributed by atoms with Crippen LogP contribution >= 0.6 is 0 Å². The first kappa shape index (κ1) is 14.6. The SMILES string of the molecule is CCOC(=O)N1CCC(NC(C)C2CCCO2)CC1. The normalized spacial score (nSPS) is 26.4. The Labute approximate surface area is 115 Å². The molecule has 5 heteroatoms. The Morgan fingerprint density at radius 3 is 2.74 bits per heavy atom. The van der Waals surface area contributed by atoms with E-state index in [4.69, 9.17) is 9.47 Å². The van der Waals surface area contributed by atoms with E-state index in [9.17, 15) is 4.79 Å². The molecule has 19 heavy (non-hydrogen) atoms. The van der Waals surface area contributed by atoms with Gasteiger partial charge in [0.25, 0.3) is 0 Å². The molecule has 5 nitrogen and oxygen atoms in total. The first-order chi connectivity index (χ1) is 9.20. The molecule has 2 unspecified atom stereocenters. The van der Waals surface area contributed by atoms with E-state index in [1.54, 1.807) is 4.90 Å². The summed E-state index contributed by atoms with van der Waals surface area (Å²) < 4.78 is 10.7. The van der Waals surface area contributed by atoms with E-state index in [2.05, 4.69) is 12.2 Å². The van der Waals surface area contributed by atoms with Crippen LogP contribution in [0, 0.1) is 0 Å². The molecule has 2 atom stereocenters. The van der Waals surface area contributed by atoms with Gasteiger partial charge in [-0.3, -0.25) is 0 Å². The average molecular weight is 270 g/mol. The maximum absolute atomic E-state index is 11.6. The molecule has 2 aliphatic rings. The molecule has 0 radical (unpaired) electrons. The van der Waals surface area contributed by atoms with Crippen LogP contribution in [0.5, 0.6) is 0 Å². The van der Waals surface area contributed by atoms with Crippen LogP contribution in [-0.2, 0) is 9.47 Å². The number of amides is 1. The molecule has 0 aromatic heterocycles. The highest BCUT2D eigenvalue weighted by atomic mass is 16.6. The van der Waals surface area contributed by atoms with Crippen molar-refractivity contribution in [3.05, 3.63) is 0 Å². The highest BCUT2D eigenvalue weighted by molar-refractivity contribution is 5.67. The van der Waals surface area contributed by atoms with E-state index in [1.807, 2.05) is 6.92 Å². The van der Waals surface area contributed by atoms with Crippen LogP contribution in [0.15, 0.2) is 0 Å². The van der Waals surface area contributed by atoms with Gasteiger partial charge in [0.05, 0.1) is 12.7 Å². The highest BCUT2D eigenvalue weighted by Gasteiger charge is 2.28. The van der Waals surface area contributed by atoms with Crippen molar-refractivity contribution in [3.63, 3.8) is 0 Å². The van der Waals surface area contributed by atoms with E-state index in [0.717, 1.165) is 39.0 Å². The average Bonchev–Trinajstić information content (AvgIpc) is 2.94. The van der Waals surface area contributed by atoms with Gasteiger partial charge in [-0.15, -0.1) is 0 Å². The zero-order chi connectivity index (χ0) is 13.7. The second kappa shape index (κ2) is 7.10. The van der Waals surface area contributed by atoms with Crippen LogP contribution in [0.1, 0.15) is 39.5 Å². The smallest absolute Gasteiger partial charge is 0.409 e. The van der Waals surface area contributed by atoms with Gasteiger partial charge in [-0.25, -0.2) is 4.79 Å².